The maximum atomic E-state index is 12.6. The second-order valence-electron chi connectivity index (χ2n) is 11.3. The molecule has 8 nitrogen and oxygen atoms in total. The number of hydrogen-bond acceptors (Lipinski definition) is 7. The van der Waals surface area contributed by atoms with Gasteiger partial charge in [0.25, 0.3) is 5.56 Å². The van der Waals surface area contributed by atoms with Crippen LogP contribution in [-0.4, -0.2) is 49.9 Å². The van der Waals surface area contributed by atoms with Crippen molar-refractivity contribution in [1.82, 2.24) is 24.6 Å². The molecule has 0 radical (unpaired) electrons. The van der Waals surface area contributed by atoms with E-state index in [-0.39, 0.29) is 11.1 Å². The minimum absolute atomic E-state index is 0.201. The molecular weight excluding hydrogens is 500 g/mol. The first-order valence-electron chi connectivity index (χ1n) is 13.7. The van der Waals surface area contributed by atoms with Crippen LogP contribution in [0, 0.1) is 17.2 Å². The van der Waals surface area contributed by atoms with E-state index in [1.165, 1.54) is 10.7 Å². The van der Waals surface area contributed by atoms with Crippen LogP contribution >= 0.6 is 0 Å². The molecular formula is C32H34N6O2. The summed E-state index contributed by atoms with van der Waals surface area (Å²) >= 11 is 0. The second-order valence-corrected chi connectivity index (χ2v) is 11.3. The van der Waals surface area contributed by atoms with Gasteiger partial charge >= 0.3 is 0 Å². The van der Waals surface area contributed by atoms with Crippen LogP contribution in [0.15, 0.2) is 77.9 Å². The summed E-state index contributed by atoms with van der Waals surface area (Å²) in [6.45, 7) is 9.99. The number of ether oxygens (including phenoxy) is 1. The van der Waals surface area contributed by atoms with E-state index in [0.717, 1.165) is 42.6 Å². The van der Waals surface area contributed by atoms with Gasteiger partial charge < -0.3 is 4.74 Å². The van der Waals surface area contributed by atoms with Crippen LogP contribution in [0.5, 0.6) is 5.75 Å². The zero-order chi connectivity index (χ0) is 28.1. The largest absolute Gasteiger partial charge is 0.490 e. The van der Waals surface area contributed by atoms with Gasteiger partial charge in [0.15, 0.2) is 11.6 Å². The summed E-state index contributed by atoms with van der Waals surface area (Å²) in [6.07, 6.45) is 5.72. The Morgan fingerprint density at radius 1 is 0.975 bits per heavy atom. The third-order valence-corrected chi connectivity index (χ3v) is 7.35. The van der Waals surface area contributed by atoms with Crippen molar-refractivity contribution in [3.63, 3.8) is 0 Å². The highest BCUT2D eigenvalue weighted by atomic mass is 16.5. The van der Waals surface area contributed by atoms with Crippen LogP contribution in [0.1, 0.15) is 44.7 Å². The molecule has 204 valence electrons. The Morgan fingerprint density at radius 2 is 1.70 bits per heavy atom. The van der Waals surface area contributed by atoms with Gasteiger partial charge in [-0.25, -0.2) is 14.6 Å². The van der Waals surface area contributed by atoms with Crippen LogP contribution in [0.4, 0.5) is 0 Å². The van der Waals surface area contributed by atoms with Crippen molar-refractivity contribution in [2.75, 3.05) is 19.7 Å². The summed E-state index contributed by atoms with van der Waals surface area (Å²) < 4.78 is 7.46. The van der Waals surface area contributed by atoms with Crippen LogP contribution < -0.4 is 10.3 Å². The molecule has 2 aromatic carbocycles. The minimum atomic E-state index is -0.201. The predicted molar refractivity (Wildman–Crippen MR) is 155 cm³/mol. The molecule has 0 spiro atoms. The van der Waals surface area contributed by atoms with E-state index in [4.69, 9.17) is 4.74 Å². The third-order valence-electron chi connectivity index (χ3n) is 7.35. The Labute approximate surface area is 234 Å². The average Bonchev–Trinajstić information content (AvgIpc) is 2.97. The molecule has 0 unspecified atom stereocenters. The van der Waals surface area contributed by atoms with Crippen molar-refractivity contribution in [3.8, 4) is 34.5 Å². The first-order chi connectivity index (χ1) is 19.3. The lowest BCUT2D eigenvalue weighted by molar-refractivity contribution is 0.0719. The van der Waals surface area contributed by atoms with Gasteiger partial charge in [-0.15, -0.1) is 0 Å². The molecule has 1 saturated heterocycles. The fourth-order valence-electron chi connectivity index (χ4n) is 4.97. The molecule has 5 rings (SSSR count). The van der Waals surface area contributed by atoms with Crippen molar-refractivity contribution in [1.29, 1.82) is 5.26 Å². The lowest BCUT2D eigenvalue weighted by Crippen LogP contribution is -2.46. The van der Waals surface area contributed by atoms with E-state index in [0.29, 0.717) is 41.9 Å². The van der Waals surface area contributed by atoms with E-state index in [2.05, 4.69) is 46.8 Å². The van der Waals surface area contributed by atoms with E-state index < -0.39 is 0 Å². The first kappa shape index (κ1) is 27.2. The lowest BCUT2D eigenvalue weighted by Gasteiger charge is -2.40. The van der Waals surface area contributed by atoms with E-state index >= 15 is 0 Å². The zero-order valence-corrected chi connectivity index (χ0v) is 23.2. The monoisotopic (exact) mass is 534 g/mol. The van der Waals surface area contributed by atoms with Crippen LogP contribution in [-0.2, 0) is 6.54 Å². The molecule has 4 aromatic rings. The molecule has 0 atom stereocenters. The smallest absolute Gasteiger partial charge is 0.267 e. The summed E-state index contributed by atoms with van der Waals surface area (Å²) in [7, 11) is 0. The number of nitrogens with zero attached hydrogens (tertiary/aromatic N) is 6. The Morgan fingerprint density at radius 3 is 2.42 bits per heavy atom. The Hall–Kier alpha value is -4.35. The Kier molecular flexibility index (Phi) is 8.04. The maximum absolute atomic E-state index is 12.6. The number of nitriles is 1. The number of likely N-dealkylation sites (tertiary alicyclic amines) is 1. The van der Waals surface area contributed by atoms with Crippen molar-refractivity contribution < 1.29 is 4.74 Å². The fourth-order valence-corrected chi connectivity index (χ4v) is 4.97. The Bertz CT molecular complexity index is 1560. The highest BCUT2D eigenvalue weighted by Gasteiger charge is 2.27. The SMILES string of the molecule is CC(C)(C)N1CCC(COc2cnc(-c3cccc(Cn4nc(-c5cccc(C#N)c5)ccc4=O)c3)nc2)CC1. The highest BCUT2D eigenvalue weighted by molar-refractivity contribution is 5.60. The average molecular weight is 535 g/mol. The molecule has 2 aromatic heterocycles. The van der Waals surface area contributed by atoms with Gasteiger partial charge in [-0.05, 0) is 82.4 Å². The van der Waals surface area contributed by atoms with Gasteiger partial charge in [0.05, 0.1) is 42.9 Å². The molecule has 0 aliphatic carbocycles. The molecule has 0 N–H and O–H groups in total. The summed E-state index contributed by atoms with van der Waals surface area (Å²) in [5.74, 6) is 1.81. The van der Waals surface area contributed by atoms with E-state index in [9.17, 15) is 10.1 Å². The molecule has 1 fully saturated rings. The molecule has 0 bridgehead atoms. The van der Waals surface area contributed by atoms with Gasteiger partial charge in [-0.1, -0.05) is 30.3 Å². The highest BCUT2D eigenvalue weighted by Crippen LogP contribution is 2.25. The topological polar surface area (TPSA) is 96.9 Å². The van der Waals surface area contributed by atoms with Gasteiger partial charge in [0.1, 0.15) is 0 Å². The first-order valence-corrected chi connectivity index (χ1v) is 13.7. The lowest BCUT2D eigenvalue weighted by atomic mass is 9.94. The van der Waals surface area contributed by atoms with Gasteiger partial charge in [0, 0.05) is 22.7 Å². The molecule has 40 heavy (non-hydrogen) atoms. The second kappa shape index (κ2) is 11.8. The normalized spacial score (nSPS) is 14.6. The zero-order valence-electron chi connectivity index (χ0n) is 23.2. The molecule has 0 amide bonds. The number of benzene rings is 2. The molecule has 0 saturated carbocycles. The molecule has 3 heterocycles. The molecule has 1 aliphatic rings. The number of hydrogen-bond donors (Lipinski definition) is 0. The summed E-state index contributed by atoms with van der Waals surface area (Å²) in [6, 6.07) is 20.3. The van der Waals surface area contributed by atoms with Gasteiger partial charge in [-0.2, -0.15) is 10.4 Å². The van der Waals surface area contributed by atoms with Crippen molar-refractivity contribution in [2.45, 2.75) is 45.7 Å². The number of rotatable bonds is 7. The number of aromatic nitrogens is 4. The van der Waals surface area contributed by atoms with Crippen LogP contribution in [0.3, 0.4) is 0 Å². The van der Waals surface area contributed by atoms with Crippen molar-refractivity contribution in [3.05, 3.63) is 94.5 Å². The minimum Gasteiger partial charge on any atom is -0.490 e. The summed E-state index contributed by atoms with van der Waals surface area (Å²) in [5, 5.41) is 13.8. The predicted octanol–water partition coefficient (Wildman–Crippen LogP) is 5.18. The summed E-state index contributed by atoms with van der Waals surface area (Å²) in [4.78, 5) is 24.2. The third kappa shape index (κ3) is 6.61. The quantitative estimate of drug-likeness (QED) is 0.322. The van der Waals surface area contributed by atoms with Crippen LogP contribution in [0.2, 0.25) is 0 Å². The van der Waals surface area contributed by atoms with Gasteiger partial charge in [-0.3, -0.25) is 9.69 Å². The van der Waals surface area contributed by atoms with E-state index in [1.807, 2.05) is 30.3 Å². The maximum Gasteiger partial charge on any atom is 0.267 e. The van der Waals surface area contributed by atoms with Crippen molar-refractivity contribution in [2.24, 2.45) is 5.92 Å². The van der Waals surface area contributed by atoms with Crippen LogP contribution in [0.25, 0.3) is 22.6 Å². The molecule has 8 heteroatoms. The fraction of sp³-hybridized carbons (Fsp3) is 0.344. The van der Waals surface area contributed by atoms with Gasteiger partial charge in [0.2, 0.25) is 0 Å². The van der Waals surface area contributed by atoms with E-state index in [1.54, 1.807) is 36.7 Å². The van der Waals surface area contributed by atoms with Crippen molar-refractivity contribution >= 4 is 0 Å². The number of piperidine rings is 1. The molecule has 1 aliphatic heterocycles. The standard InChI is InChI=1S/C32H34N6O2/c1-32(2,3)37-14-12-23(13-15-37)22-40-28-19-34-31(35-20-28)27-9-5-7-25(17-27)21-38-30(39)11-10-29(36-38)26-8-4-6-24(16-26)18-33/h4-11,16-17,19-20,23H,12-15,21-22H2,1-3H3. The summed E-state index contributed by atoms with van der Waals surface area (Å²) in [5.41, 5.74) is 3.73. The Balaban J connectivity index is 1.23.